The Morgan fingerprint density at radius 1 is 1.15 bits per heavy atom. The van der Waals surface area contributed by atoms with Crippen LogP contribution in [0.15, 0.2) is 18.2 Å². The smallest absolute Gasteiger partial charge is 0.161 e. The van der Waals surface area contributed by atoms with Gasteiger partial charge < -0.3 is 9.47 Å². The van der Waals surface area contributed by atoms with Gasteiger partial charge in [0.25, 0.3) is 0 Å². The molecule has 0 spiro atoms. The molecule has 0 aliphatic carbocycles. The third-order valence-corrected chi connectivity index (χ3v) is 3.09. The summed E-state index contributed by atoms with van der Waals surface area (Å²) in [6.07, 6.45) is 0.980. The molecule has 0 radical (unpaired) electrons. The molecule has 2 atom stereocenters. The largest absolute Gasteiger partial charge is 0.490 e. The van der Waals surface area contributed by atoms with Gasteiger partial charge in [-0.15, -0.1) is 0 Å². The van der Waals surface area contributed by atoms with E-state index in [1.165, 1.54) is 0 Å². The van der Waals surface area contributed by atoms with Crippen molar-refractivity contribution < 1.29 is 9.47 Å². The van der Waals surface area contributed by atoms with Crippen molar-refractivity contribution in [1.29, 1.82) is 5.26 Å². The van der Waals surface area contributed by atoms with Crippen molar-refractivity contribution in [2.24, 2.45) is 0 Å². The van der Waals surface area contributed by atoms with E-state index in [2.05, 4.69) is 25.2 Å². The van der Waals surface area contributed by atoms with E-state index in [-0.39, 0.29) is 6.04 Å². The number of nitriles is 1. The molecule has 110 valence electrons. The molecule has 0 aliphatic heterocycles. The van der Waals surface area contributed by atoms with E-state index in [4.69, 9.17) is 9.47 Å². The number of nitrogens with zero attached hydrogens (tertiary/aromatic N) is 1. The number of ether oxygens (including phenoxy) is 2. The third kappa shape index (κ3) is 4.43. The van der Waals surface area contributed by atoms with Gasteiger partial charge in [0.1, 0.15) is 6.04 Å². The Kier molecular flexibility index (Phi) is 6.89. The van der Waals surface area contributed by atoms with Gasteiger partial charge >= 0.3 is 0 Å². The highest BCUT2D eigenvalue weighted by Crippen LogP contribution is 2.30. The molecule has 1 rings (SSSR count). The lowest BCUT2D eigenvalue weighted by atomic mass is 10.1. The zero-order chi connectivity index (χ0) is 15.0. The Hall–Kier alpha value is -1.73. The monoisotopic (exact) mass is 276 g/mol. The molecule has 1 aromatic rings. The summed E-state index contributed by atoms with van der Waals surface area (Å²) in [5.74, 6) is 1.41. The summed E-state index contributed by atoms with van der Waals surface area (Å²) >= 11 is 0. The lowest BCUT2D eigenvalue weighted by Crippen LogP contribution is -2.29. The molecule has 0 saturated carbocycles. The fourth-order valence-electron chi connectivity index (χ4n) is 1.86. The Morgan fingerprint density at radius 3 is 2.35 bits per heavy atom. The van der Waals surface area contributed by atoms with Gasteiger partial charge in [0.2, 0.25) is 0 Å². The Labute approximate surface area is 121 Å². The van der Waals surface area contributed by atoms with E-state index >= 15 is 0 Å². The molecular weight excluding hydrogens is 252 g/mol. The molecule has 0 fully saturated rings. The molecule has 0 aromatic heterocycles. The highest BCUT2D eigenvalue weighted by Gasteiger charge is 2.15. The van der Waals surface area contributed by atoms with Crippen molar-refractivity contribution in [3.05, 3.63) is 23.8 Å². The van der Waals surface area contributed by atoms with Crippen molar-refractivity contribution in [2.45, 2.75) is 46.2 Å². The van der Waals surface area contributed by atoms with Crippen LogP contribution in [0.5, 0.6) is 11.5 Å². The van der Waals surface area contributed by atoms with E-state index in [0.717, 1.165) is 17.7 Å². The first-order valence-electron chi connectivity index (χ1n) is 7.21. The molecule has 1 aromatic carbocycles. The summed E-state index contributed by atoms with van der Waals surface area (Å²) in [5, 5.41) is 12.6. The zero-order valence-corrected chi connectivity index (χ0v) is 12.8. The van der Waals surface area contributed by atoms with Crippen molar-refractivity contribution >= 4 is 0 Å². The minimum Gasteiger partial charge on any atom is -0.490 e. The molecule has 4 heteroatoms. The van der Waals surface area contributed by atoms with Gasteiger partial charge in [-0.2, -0.15) is 5.26 Å². The molecule has 0 amide bonds. The van der Waals surface area contributed by atoms with Crippen molar-refractivity contribution in [3.8, 4) is 17.6 Å². The van der Waals surface area contributed by atoms with Crippen LogP contribution < -0.4 is 14.8 Å². The lowest BCUT2D eigenvalue weighted by Gasteiger charge is -2.19. The van der Waals surface area contributed by atoms with Crippen LogP contribution in [0, 0.1) is 11.3 Å². The fourth-order valence-corrected chi connectivity index (χ4v) is 1.86. The number of hydrogen-bond acceptors (Lipinski definition) is 4. The number of benzene rings is 1. The van der Waals surface area contributed by atoms with Crippen LogP contribution in [0.25, 0.3) is 0 Å². The van der Waals surface area contributed by atoms with E-state index < -0.39 is 0 Å². The van der Waals surface area contributed by atoms with Crippen LogP contribution in [0.2, 0.25) is 0 Å². The van der Waals surface area contributed by atoms with E-state index in [9.17, 15) is 5.26 Å². The summed E-state index contributed by atoms with van der Waals surface area (Å²) in [5.41, 5.74) is 0.903. The molecular formula is C16H24N2O2. The molecule has 0 aliphatic rings. The summed E-state index contributed by atoms with van der Waals surface area (Å²) in [7, 11) is 0. The normalized spacial score (nSPS) is 13.3. The quantitative estimate of drug-likeness (QED) is 0.790. The third-order valence-electron chi connectivity index (χ3n) is 3.09. The maximum absolute atomic E-state index is 9.33. The van der Waals surface area contributed by atoms with Gasteiger partial charge in [0.15, 0.2) is 11.5 Å². The first-order valence-corrected chi connectivity index (χ1v) is 7.21. The minimum atomic E-state index is -0.333. The second kappa shape index (κ2) is 8.44. The summed E-state index contributed by atoms with van der Waals surface area (Å²) < 4.78 is 11.1. The molecule has 2 unspecified atom stereocenters. The Morgan fingerprint density at radius 2 is 1.80 bits per heavy atom. The summed E-state index contributed by atoms with van der Waals surface area (Å²) in [4.78, 5) is 0. The van der Waals surface area contributed by atoms with Gasteiger partial charge in [-0.3, -0.25) is 5.32 Å². The molecule has 0 heterocycles. The second-order valence-electron chi connectivity index (χ2n) is 4.61. The summed E-state index contributed by atoms with van der Waals surface area (Å²) in [6.45, 7) is 9.19. The van der Waals surface area contributed by atoms with E-state index in [1.807, 2.05) is 32.0 Å². The SMILES string of the molecule is CCOc1ccc(C(C#N)NC(C)CC)cc1OCC. The van der Waals surface area contributed by atoms with Crippen LogP contribution in [0.3, 0.4) is 0 Å². The van der Waals surface area contributed by atoms with Crippen LogP contribution >= 0.6 is 0 Å². The van der Waals surface area contributed by atoms with E-state index in [0.29, 0.717) is 25.0 Å². The second-order valence-corrected chi connectivity index (χ2v) is 4.61. The average molecular weight is 276 g/mol. The topological polar surface area (TPSA) is 54.3 Å². The van der Waals surface area contributed by atoms with Gasteiger partial charge in [-0.05, 0) is 44.9 Å². The van der Waals surface area contributed by atoms with Crippen molar-refractivity contribution in [1.82, 2.24) is 5.32 Å². The van der Waals surface area contributed by atoms with Crippen LogP contribution in [-0.4, -0.2) is 19.3 Å². The number of rotatable bonds is 8. The number of hydrogen-bond donors (Lipinski definition) is 1. The Bertz CT molecular complexity index is 454. The maximum Gasteiger partial charge on any atom is 0.161 e. The van der Waals surface area contributed by atoms with E-state index in [1.54, 1.807) is 0 Å². The molecule has 0 bridgehead atoms. The van der Waals surface area contributed by atoms with Gasteiger partial charge in [0, 0.05) is 6.04 Å². The molecule has 1 N–H and O–H groups in total. The van der Waals surface area contributed by atoms with Crippen molar-refractivity contribution in [2.75, 3.05) is 13.2 Å². The van der Waals surface area contributed by atoms with Gasteiger partial charge in [-0.1, -0.05) is 13.0 Å². The van der Waals surface area contributed by atoms with Gasteiger partial charge in [-0.25, -0.2) is 0 Å². The highest BCUT2D eigenvalue weighted by atomic mass is 16.5. The minimum absolute atomic E-state index is 0.293. The summed E-state index contributed by atoms with van der Waals surface area (Å²) in [6, 6.07) is 7.92. The van der Waals surface area contributed by atoms with Crippen LogP contribution in [0.1, 0.15) is 45.7 Å². The molecule has 0 saturated heterocycles. The van der Waals surface area contributed by atoms with Crippen LogP contribution in [-0.2, 0) is 0 Å². The zero-order valence-electron chi connectivity index (χ0n) is 12.8. The first-order chi connectivity index (χ1) is 9.65. The van der Waals surface area contributed by atoms with Crippen molar-refractivity contribution in [3.63, 3.8) is 0 Å². The first kappa shape index (κ1) is 16.3. The Balaban J connectivity index is 2.99. The highest BCUT2D eigenvalue weighted by molar-refractivity contribution is 5.45. The molecule has 20 heavy (non-hydrogen) atoms. The lowest BCUT2D eigenvalue weighted by molar-refractivity contribution is 0.287. The fraction of sp³-hybridized carbons (Fsp3) is 0.562. The number of nitrogens with one attached hydrogen (secondary N) is 1. The maximum atomic E-state index is 9.33. The van der Waals surface area contributed by atoms with Gasteiger partial charge in [0.05, 0.1) is 19.3 Å². The molecule has 4 nitrogen and oxygen atoms in total. The predicted octanol–water partition coefficient (Wildman–Crippen LogP) is 3.44. The predicted molar refractivity (Wildman–Crippen MR) is 80.0 cm³/mol. The standard InChI is InChI=1S/C16H24N2O2/c1-5-12(4)18-14(11-17)13-8-9-15(19-6-2)16(10-13)20-7-3/h8-10,12,14,18H,5-7H2,1-4H3. The average Bonchev–Trinajstić information content (AvgIpc) is 2.46. The van der Waals surface area contributed by atoms with Crippen LogP contribution in [0.4, 0.5) is 0 Å².